The smallest absolute Gasteiger partial charge is 0.335 e. The van der Waals surface area contributed by atoms with Gasteiger partial charge in [0.2, 0.25) is 0 Å². The molecule has 3 rings (SSSR count). The van der Waals surface area contributed by atoms with E-state index in [1.165, 1.54) is 27.4 Å². The highest BCUT2D eigenvalue weighted by Crippen LogP contribution is 2.36. The number of hydrogen-bond donors (Lipinski definition) is 1. The maximum Gasteiger partial charge on any atom is 0.335 e. The number of nitrogens with zero attached hydrogens (tertiary/aromatic N) is 1. The van der Waals surface area contributed by atoms with E-state index >= 15 is 0 Å². The standard InChI is InChI=1S/C22H22N2O6/c1-12-6-7-14(8-13(12)2)24-21(26)17(20(25)23-22(24)27)11-16-18(29-4)9-15(28-3)10-19(16)30-5/h6-11H,1-5H3,(H,23,25,27)/b17-11+. The molecule has 156 valence electrons. The third-order valence-corrected chi connectivity index (χ3v) is 4.89. The van der Waals surface area contributed by atoms with Crippen LogP contribution < -0.4 is 24.4 Å². The van der Waals surface area contributed by atoms with E-state index in [4.69, 9.17) is 14.2 Å². The molecule has 0 unspecified atom stereocenters. The molecule has 1 heterocycles. The van der Waals surface area contributed by atoms with Crippen molar-refractivity contribution < 1.29 is 28.6 Å². The first-order valence-corrected chi connectivity index (χ1v) is 9.09. The number of urea groups is 1. The first kappa shape index (κ1) is 20.9. The number of hydrogen-bond acceptors (Lipinski definition) is 6. The Balaban J connectivity index is 2.12. The van der Waals surface area contributed by atoms with Crippen molar-refractivity contribution in [2.75, 3.05) is 26.2 Å². The SMILES string of the molecule is COc1cc(OC)c(/C=C2\C(=O)NC(=O)N(c3ccc(C)c(C)c3)C2=O)c(OC)c1. The Bertz CT molecular complexity index is 1050. The molecule has 0 saturated carbocycles. The van der Waals surface area contributed by atoms with E-state index in [9.17, 15) is 14.4 Å². The lowest BCUT2D eigenvalue weighted by Crippen LogP contribution is -2.54. The summed E-state index contributed by atoms with van der Waals surface area (Å²) >= 11 is 0. The van der Waals surface area contributed by atoms with Crippen LogP contribution in [0.5, 0.6) is 17.2 Å². The number of benzene rings is 2. The minimum Gasteiger partial charge on any atom is -0.496 e. The lowest BCUT2D eigenvalue weighted by molar-refractivity contribution is -0.122. The Kier molecular flexibility index (Phi) is 5.77. The van der Waals surface area contributed by atoms with Crippen LogP contribution in [0.1, 0.15) is 16.7 Å². The fourth-order valence-electron chi connectivity index (χ4n) is 3.08. The Morgan fingerprint density at radius 3 is 2.03 bits per heavy atom. The van der Waals surface area contributed by atoms with E-state index in [1.54, 1.807) is 30.3 Å². The summed E-state index contributed by atoms with van der Waals surface area (Å²) in [7, 11) is 4.39. The first-order valence-electron chi connectivity index (χ1n) is 9.09. The van der Waals surface area contributed by atoms with Gasteiger partial charge in [0.1, 0.15) is 22.8 Å². The van der Waals surface area contributed by atoms with Gasteiger partial charge < -0.3 is 14.2 Å². The van der Waals surface area contributed by atoms with Crippen LogP contribution in [0.4, 0.5) is 10.5 Å². The molecule has 0 spiro atoms. The van der Waals surface area contributed by atoms with Gasteiger partial charge in [0.05, 0.1) is 32.6 Å². The fraction of sp³-hybridized carbons (Fsp3) is 0.227. The number of aryl methyl sites for hydroxylation is 2. The van der Waals surface area contributed by atoms with Gasteiger partial charge in [-0.3, -0.25) is 14.9 Å². The molecule has 1 N–H and O–H groups in total. The largest absolute Gasteiger partial charge is 0.496 e. The van der Waals surface area contributed by atoms with Gasteiger partial charge >= 0.3 is 6.03 Å². The maximum absolute atomic E-state index is 13.1. The zero-order valence-electron chi connectivity index (χ0n) is 17.4. The van der Waals surface area contributed by atoms with Gasteiger partial charge in [0.25, 0.3) is 11.8 Å². The Morgan fingerprint density at radius 2 is 1.50 bits per heavy atom. The summed E-state index contributed by atoms with van der Waals surface area (Å²) in [6, 6.07) is 7.58. The molecule has 0 atom stereocenters. The molecule has 1 aliphatic heterocycles. The Hall–Kier alpha value is -3.81. The molecule has 0 radical (unpaired) electrons. The zero-order valence-corrected chi connectivity index (χ0v) is 17.4. The van der Waals surface area contributed by atoms with E-state index in [2.05, 4.69) is 5.32 Å². The molecular formula is C22H22N2O6. The second-order valence-electron chi connectivity index (χ2n) is 6.67. The summed E-state index contributed by atoms with van der Waals surface area (Å²) in [5, 5.41) is 2.21. The molecular weight excluding hydrogens is 388 g/mol. The van der Waals surface area contributed by atoms with Crippen LogP contribution in [-0.4, -0.2) is 39.2 Å². The molecule has 2 aromatic rings. The first-order chi connectivity index (χ1) is 14.3. The quantitative estimate of drug-likeness (QED) is 0.602. The summed E-state index contributed by atoms with van der Waals surface area (Å²) in [5.74, 6) is -0.378. The van der Waals surface area contributed by atoms with Crippen molar-refractivity contribution in [1.82, 2.24) is 5.32 Å². The highest BCUT2D eigenvalue weighted by molar-refractivity contribution is 6.39. The lowest BCUT2D eigenvalue weighted by Gasteiger charge is -2.27. The average Bonchev–Trinajstić information content (AvgIpc) is 2.72. The predicted molar refractivity (Wildman–Crippen MR) is 111 cm³/mol. The molecule has 4 amide bonds. The number of barbiturate groups is 1. The second-order valence-corrected chi connectivity index (χ2v) is 6.67. The van der Waals surface area contributed by atoms with Crippen molar-refractivity contribution in [2.24, 2.45) is 0 Å². The number of anilines is 1. The van der Waals surface area contributed by atoms with E-state index in [-0.39, 0.29) is 5.57 Å². The number of nitrogens with one attached hydrogen (secondary N) is 1. The number of imide groups is 2. The monoisotopic (exact) mass is 410 g/mol. The molecule has 2 aromatic carbocycles. The molecule has 30 heavy (non-hydrogen) atoms. The Morgan fingerprint density at radius 1 is 0.867 bits per heavy atom. The van der Waals surface area contributed by atoms with Crippen molar-refractivity contribution in [2.45, 2.75) is 13.8 Å². The highest BCUT2D eigenvalue weighted by atomic mass is 16.5. The van der Waals surface area contributed by atoms with Gasteiger partial charge in [-0.05, 0) is 43.2 Å². The van der Waals surface area contributed by atoms with Crippen LogP contribution >= 0.6 is 0 Å². The van der Waals surface area contributed by atoms with Gasteiger partial charge in [-0.25, -0.2) is 9.69 Å². The third-order valence-electron chi connectivity index (χ3n) is 4.89. The third kappa shape index (κ3) is 3.71. The van der Waals surface area contributed by atoms with Crippen molar-refractivity contribution in [1.29, 1.82) is 0 Å². The summed E-state index contributed by atoms with van der Waals surface area (Å²) < 4.78 is 16.0. The van der Waals surface area contributed by atoms with Crippen LogP contribution in [0, 0.1) is 13.8 Å². The topological polar surface area (TPSA) is 94.2 Å². The number of carbonyl (C=O) groups is 3. The fourth-order valence-corrected chi connectivity index (χ4v) is 3.08. The number of carbonyl (C=O) groups excluding carboxylic acids is 3. The molecule has 0 aromatic heterocycles. The van der Waals surface area contributed by atoms with E-state index < -0.39 is 17.8 Å². The average molecular weight is 410 g/mol. The number of ether oxygens (including phenoxy) is 3. The lowest BCUT2D eigenvalue weighted by atomic mass is 10.0. The molecule has 0 bridgehead atoms. The van der Waals surface area contributed by atoms with Crippen molar-refractivity contribution in [3.05, 3.63) is 52.6 Å². The van der Waals surface area contributed by atoms with Crippen LogP contribution in [0.3, 0.4) is 0 Å². The van der Waals surface area contributed by atoms with E-state index in [1.807, 2.05) is 13.8 Å². The van der Waals surface area contributed by atoms with Crippen LogP contribution in [0.2, 0.25) is 0 Å². The molecule has 1 fully saturated rings. The van der Waals surface area contributed by atoms with Gasteiger partial charge in [-0.2, -0.15) is 0 Å². The number of amides is 4. The van der Waals surface area contributed by atoms with Crippen molar-refractivity contribution in [3.63, 3.8) is 0 Å². The highest BCUT2D eigenvalue weighted by Gasteiger charge is 2.37. The summed E-state index contributed by atoms with van der Waals surface area (Å²) in [6.07, 6.45) is 1.34. The maximum atomic E-state index is 13.1. The number of rotatable bonds is 5. The molecule has 8 nitrogen and oxygen atoms in total. The van der Waals surface area contributed by atoms with Crippen molar-refractivity contribution >= 4 is 29.6 Å². The molecule has 1 aliphatic rings. The molecule has 1 saturated heterocycles. The summed E-state index contributed by atoms with van der Waals surface area (Å²) in [4.78, 5) is 39.0. The normalized spacial score (nSPS) is 15.3. The van der Waals surface area contributed by atoms with Gasteiger partial charge in [-0.1, -0.05) is 6.07 Å². The molecule has 0 aliphatic carbocycles. The number of methoxy groups -OCH3 is 3. The predicted octanol–water partition coefficient (Wildman–Crippen LogP) is 3.00. The second kappa shape index (κ2) is 8.28. The van der Waals surface area contributed by atoms with Gasteiger partial charge in [0, 0.05) is 12.1 Å². The zero-order chi connectivity index (χ0) is 22.0. The summed E-state index contributed by atoms with van der Waals surface area (Å²) in [6.45, 7) is 3.80. The van der Waals surface area contributed by atoms with Crippen LogP contribution in [-0.2, 0) is 9.59 Å². The van der Waals surface area contributed by atoms with Crippen molar-refractivity contribution in [3.8, 4) is 17.2 Å². The minimum atomic E-state index is -0.806. The van der Waals surface area contributed by atoms with Gasteiger partial charge in [-0.15, -0.1) is 0 Å². The van der Waals surface area contributed by atoms with E-state index in [0.717, 1.165) is 16.0 Å². The van der Waals surface area contributed by atoms with Gasteiger partial charge in [0.15, 0.2) is 0 Å². The Labute approximate surface area is 174 Å². The minimum absolute atomic E-state index is 0.227. The summed E-state index contributed by atoms with van der Waals surface area (Å²) in [5.41, 5.74) is 2.44. The van der Waals surface area contributed by atoms with E-state index in [0.29, 0.717) is 28.5 Å². The van der Waals surface area contributed by atoms with Crippen LogP contribution in [0.25, 0.3) is 6.08 Å². The van der Waals surface area contributed by atoms with Crippen LogP contribution in [0.15, 0.2) is 35.9 Å². The molecule has 8 heteroatoms.